The summed E-state index contributed by atoms with van der Waals surface area (Å²) in [6.07, 6.45) is 3.95. The van der Waals surface area contributed by atoms with E-state index >= 15 is 0 Å². The molecule has 32 heavy (non-hydrogen) atoms. The Bertz CT molecular complexity index is 802. The predicted molar refractivity (Wildman–Crippen MR) is 134 cm³/mol. The van der Waals surface area contributed by atoms with Crippen LogP contribution in [-0.2, 0) is 29.2 Å². The molecule has 1 aromatic carbocycles. The number of nitrogens with zero attached hydrogens (tertiary/aromatic N) is 4. The zero-order chi connectivity index (χ0) is 21.3. The number of hydrogen-bond donors (Lipinski definition) is 1. The molecule has 1 N–H and O–H groups in total. The van der Waals surface area contributed by atoms with Crippen LogP contribution in [0.1, 0.15) is 29.7 Å². The van der Waals surface area contributed by atoms with Gasteiger partial charge < -0.3 is 24.2 Å². The molecule has 8 nitrogen and oxygen atoms in total. The highest BCUT2D eigenvalue weighted by Crippen LogP contribution is 2.14. The number of halogens is 1. The van der Waals surface area contributed by atoms with Crippen molar-refractivity contribution in [3.8, 4) is 0 Å². The van der Waals surface area contributed by atoms with E-state index in [1.54, 1.807) is 6.26 Å². The summed E-state index contributed by atoms with van der Waals surface area (Å²) in [5, 5.41) is 7.51. The Kier molecular flexibility index (Phi) is 10.2. The highest BCUT2D eigenvalue weighted by atomic mass is 127. The average molecular weight is 555 g/mol. The second-order valence-corrected chi connectivity index (χ2v) is 8.09. The Morgan fingerprint density at radius 3 is 2.47 bits per heavy atom. The number of hydrogen-bond acceptors (Lipinski definition) is 6. The second-order valence-electron chi connectivity index (χ2n) is 8.09. The topological polar surface area (TPSA) is 75.4 Å². The van der Waals surface area contributed by atoms with Gasteiger partial charge in [0.2, 0.25) is 0 Å². The third-order valence-electron chi connectivity index (χ3n) is 5.89. The lowest BCUT2D eigenvalue weighted by atomic mass is 10.1. The fourth-order valence-corrected chi connectivity index (χ4v) is 3.99. The molecule has 2 aliphatic rings. The van der Waals surface area contributed by atoms with Crippen LogP contribution < -0.4 is 5.32 Å². The normalized spacial score (nSPS) is 18.4. The van der Waals surface area contributed by atoms with E-state index in [2.05, 4.69) is 49.5 Å². The van der Waals surface area contributed by atoms with E-state index < -0.39 is 0 Å². The van der Waals surface area contributed by atoms with Crippen molar-refractivity contribution in [1.29, 1.82) is 0 Å². The van der Waals surface area contributed by atoms with Crippen LogP contribution in [0.15, 0.2) is 46.1 Å². The summed E-state index contributed by atoms with van der Waals surface area (Å²) in [4.78, 5) is 9.19. The first-order valence-electron chi connectivity index (χ1n) is 11.1. The first-order chi connectivity index (χ1) is 15.3. The van der Waals surface area contributed by atoms with Gasteiger partial charge in [-0.3, -0.25) is 9.89 Å². The number of guanidine groups is 1. The number of aromatic nitrogens is 1. The first-order valence-corrected chi connectivity index (χ1v) is 11.1. The van der Waals surface area contributed by atoms with Crippen molar-refractivity contribution >= 4 is 29.9 Å². The molecule has 0 amide bonds. The molecule has 3 heterocycles. The van der Waals surface area contributed by atoms with Crippen LogP contribution in [-0.4, -0.2) is 73.5 Å². The number of aliphatic imine (C=N–C) groups is 1. The van der Waals surface area contributed by atoms with Crippen molar-refractivity contribution in [3.63, 3.8) is 0 Å². The molecule has 0 radical (unpaired) electrons. The summed E-state index contributed by atoms with van der Waals surface area (Å²) in [7, 11) is 1.85. The molecular weight excluding hydrogens is 521 g/mol. The van der Waals surface area contributed by atoms with Gasteiger partial charge in [0.25, 0.3) is 0 Å². The third-order valence-corrected chi connectivity index (χ3v) is 5.89. The molecule has 4 rings (SSSR count). The van der Waals surface area contributed by atoms with Crippen molar-refractivity contribution in [1.82, 2.24) is 20.3 Å². The van der Waals surface area contributed by atoms with Crippen molar-refractivity contribution in [3.05, 3.63) is 53.4 Å². The maximum atomic E-state index is 6.01. The fourth-order valence-electron chi connectivity index (χ4n) is 3.99. The van der Waals surface area contributed by atoms with Crippen molar-refractivity contribution in [2.45, 2.75) is 38.6 Å². The summed E-state index contributed by atoms with van der Waals surface area (Å²) in [6.45, 7) is 7.73. The minimum Gasteiger partial charge on any atom is -0.381 e. The number of benzene rings is 1. The zero-order valence-electron chi connectivity index (χ0n) is 18.7. The molecule has 0 atom stereocenters. The van der Waals surface area contributed by atoms with Gasteiger partial charge in [0.05, 0.1) is 18.4 Å². The largest absolute Gasteiger partial charge is 0.381 e. The minimum absolute atomic E-state index is 0. The molecule has 2 fully saturated rings. The first kappa shape index (κ1) is 24.9. The molecule has 2 aliphatic heterocycles. The summed E-state index contributed by atoms with van der Waals surface area (Å²) in [6, 6.07) is 10.6. The lowest BCUT2D eigenvalue weighted by Crippen LogP contribution is -2.52. The van der Waals surface area contributed by atoms with Crippen LogP contribution in [0.5, 0.6) is 0 Å². The van der Waals surface area contributed by atoms with E-state index in [0.29, 0.717) is 12.7 Å². The quantitative estimate of drug-likeness (QED) is 0.320. The summed E-state index contributed by atoms with van der Waals surface area (Å²) < 4.78 is 16.3. The Hall–Kier alpha value is -1.69. The number of piperazine rings is 1. The summed E-state index contributed by atoms with van der Waals surface area (Å²) >= 11 is 0. The molecule has 176 valence electrons. The van der Waals surface area contributed by atoms with Crippen molar-refractivity contribution in [2.24, 2.45) is 4.99 Å². The molecule has 2 saturated heterocycles. The van der Waals surface area contributed by atoms with Gasteiger partial charge in [-0.2, -0.15) is 0 Å². The van der Waals surface area contributed by atoms with E-state index in [-0.39, 0.29) is 24.0 Å². The fraction of sp³-hybridized carbons (Fsp3) is 0.565. The standard InChI is InChI=1S/C23H33N5O3.HI/c1-24-23(28-11-9-27(10-12-28)17-21-6-15-31-26-21)25-16-19-2-4-20(5-3-19)18-30-22-7-13-29-14-8-22;/h2-6,15,22H,7-14,16-18H2,1H3,(H,24,25);1H. The van der Waals surface area contributed by atoms with Gasteiger partial charge in [-0.25, -0.2) is 0 Å². The summed E-state index contributed by atoms with van der Waals surface area (Å²) in [5.74, 6) is 0.952. The third kappa shape index (κ3) is 7.43. The van der Waals surface area contributed by atoms with Gasteiger partial charge in [-0.1, -0.05) is 29.4 Å². The number of nitrogens with one attached hydrogen (secondary N) is 1. The van der Waals surface area contributed by atoms with Gasteiger partial charge in [0, 0.05) is 65.6 Å². The Labute approximate surface area is 207 Å². The summed E-state index contributed by atoms with van der Waals surface area (Å²) in [5.41, 5.74) is 3.43. The van der Waals surface area contributed by atoms with Crippen LogP contribution in [0.25, 0.3) is 0 Å². The highest BCUT2D eigenvalue weighted by molar-refractivity contribution is 14.0. The van der Waals surface area contributed by atoms with Gasteiger partial charge >= 0.3 is 0 Å². The van der Waals surface area contributed by atoms with Crippen LogP contribution in [0.4, 0.5) is 0 Å². The molecule has 9 heteroatoms. The number of ether oxygens (including phenoxy) is 2. The lowest BCUT2D eigenvalue weighted by molar-refractivity contribution is -0.0390. The Balaban J connectivity index is 0.00000289. The Morgan fingerprint density at radius 1 is 1.09 bits per heavy atom. The average Bonchev–Trinajstić information content (AvgIpc) is 3.34. The van der Waals surface area contributed by atoms with E-state index in [0.717, 1.165) is 77.0 Å². The lowest BCUT2D eigenvalue weighted by Gasteiger charge is -2.36. The van der Waals surface area contributed by atoms with Crippen LogP contribution in [0.3, 0.4) is 0 Å². The molecule has 2 aromatic rings. The van der Waals surface area contributed by atoms with E-state index in [1.165, 1.54) is 11.1 Å². The van der Waals surface area contributed by atoms with Crippen LogP contribution in [0.2, 0.25) is 0 Å². The zero-order valence-corrected chi connectivity index (χ0v) is 21.1. The van der Waals surface area contributed by atoms with Crippen LogP contribution >= 0.6 is 24.0 Å². The van der Waals surface area contributed by atoms with Crippen molar-refractivity contribution < 1.29 is 14.0 Å². The molecule has 0 unspecified atom stereocenters. The minimum atomic E-state index is 0. The van der Waals surface area contributed by atoms with Gasteiger partial charge in [0.1, 0.15) is 6.26 Å². The van der Waals surface area contributed by atoms with E-state index in [1.807, 2.05) is 13.1 Å². The smallest absolute Gasteiger partial charge is 0.194 e. The predicted octanol–water partition coefficient (Wildman–Crippen LogP) is 2.88. The Morgan fingerprint density at radius 2 is 1.81 bits per heavy atom. The maximum absolute atomic E-state index is 6.01. The van der Waals surface area contributed by atoms with Gasteiger partial charge in [-0.15, -0.1) is 24.0 Å². The molecule has 1 aromatic heterocycles. The molecule has 0 saturated carbocycles. The van der Waals surface area contributed by atoms with Crippen LogP contribution in [0, 0.1) is 0 Å². The molecule has 0 aliphatic carbocycles. The monoisotopic (exact) mass is 555 g/mol. The molecule has 0 spiro atoms. The molecule has 0 bridgehead atoms. The SMILES string of the molecule is CN=C(NCc1ccc(COC2CCOCC2)cc1)N1CCN(Cc2ccon2)CC1.I. The second kappa shape index (κ2) is 13.1. The van der Waals surface area contributed by atoms with E-state index in [9.17, 15) is 0 Å². The highest BCUT2D eigenvalue weighted by Gasteiger charge is 2.20. The van der Waals surface area contributed by atoms with Gasteiger partial charge in [-0.05, 0) is 24.0 Å². The number of rotatable bonds is 7. The van der Waals surface area contributed by atoms with Crippen molar-refractivity contribution in [2.75, 3.05) is 46.4 Å². The van der Waals surface area contributed by atoms with Gasteiger partial charge in [0.15, 0.2) is 5.96 Å². The maximum Gasteiger partial charge on any atom is 0.194 e. The molecular formula is C23H34IN5O3. The van der Waals surface area contributed by atoms with E-state index in [4.69, 9.17) is 14.0 Å².